The molecule has 1 unspecified atom stereocenters. The van der Waals surface area contributed by atoms with Crippen molar-refractivity contribution in [2.75, 3.05) is 25.4 Å². The van der Waals surface area contributed by atoms with Gasteiger partial charge >= 0.3 is 0 Å². The molecule has 2 aliphatic rings. The second kappa shape index (κ2) is 6.56. The highest BCUT2D eigenvalue weighted by atomic mass is 16.1. The highest BCUT2D eigenvalue weighted by Crippen LogP contribution is 2.32. The van der Waals surface area contributed by atoms with Gasteiger partial charge in [-0.2, -0.15) is 0 Å². The van der Waals surface area contributed by atoms with Crippen LogP contribution in [0.25, 0.3) is 10.8 Å². The number of carbonyl (C=O) groups excluding carboxylic acids is 1. The summed E-state index contributed by atoms with van der Waals surface area (Å²) < 4.78 is 0. The monoisotopic (exact) mass is 322 g/mol. The van der Waals surface area contributed by atoms with E-state index in [1.165, 1.54) is 38.8 Å². The van der Waals surface area contributed by atoms with E-state index < -0.39 is 0 Å². The van der Waals surface area contributed by atoms with E-state index in [-0.39, 0.29) is 5.78 Å². The molecule has 3 heteroatoms. The van der Waals surface area contributed by atoms with E-state index >= 15 is 0 Å². The third-order valence-corrected chi connectivity index (χ3v) is 5.48. The zero-order valence-corrected chi connectivity index (χ0v) is 14.2. The molecule has 2 N–H and O–H groups in total. The molecule has 1 heterocycles. The molecule has 1 saturated heterocycles. The Bertz CT molecular complexity index is 751. The van der Waals surface area contributed by atoms with Crippen molar-refractivity contribution in [2.45, 2.75) is 32.1 Å². The van der Waals surface area contributed by atoms with Crippen molar-refractivity contribution in [3.63, 3.8) is 0 Å². The number of nitrogens with two attached hydrogens (primary N) is 1. The summed E-state index contributed by atoms with van der Waals surface area (Å²) in [5.41, 5.74) is 7.43. The first kappa shape index (κ1) is 15.6. The summed E-state index contributed by atoms with van der Waals surface area (Å²) in [6.45, 7) is 3.58. The molecule has 1 aliphatic carbocycles. The summed E-state index contributed by atoms with van der Waals surface area (Å²) in [6, 6.07) is 11.8. The highest BCUT2D eigenvalue weighted by molar-refractivity contribution is 6.00. The zero-order chi connectivity index (χ0) is 16.5. The number of nitrogens with zero attached hydrogens (tertiary/aromatic N) is 1. The smallest absolute Gasteiger partial charge is 0.163 e. The molecule has 0 spiro atoms. The molecule has 24 heavy (non-hydrogen) atoms. The first-order valence-electron chi connectivity index (χ1n) is 9.22. The summed E-state index contributed by atoms with van der Waals surface area (Å²) in [7, 11) is 0. The Morgan fingerprint density at radius 3 is 2.67 bits per heavy atom. The lowest BCUT2D eigenvalue weighted by atomic mass is 9.90. The van der Waals surface area contributed by atoms with Crippen molar-refractivity contribution in [2.24, 2.45) is 11.8 Å². The largest absolute Gasteiger partial charge is 0.399 e. The normalized spacial score (nSPS) is 21.9. The number of Topliss-reactive ketones (excluding diaryl/α,β-unsaturated/α-hetero) is 1. The van der Waals surface area contributed by atoms with E-state index in [1.54, 1.807) is 0 Å². The Hall–Kier alpha value is -1.87. The fourth-order valence-electron chi connectivity index (χ4n) is 3.97. The van der Waals surface area contributed by atoms with Crippen LogP contribution in [-0.2, 0) is 0 Å². The fraction of sp³-hybridized carbons (Fsp3) is 0.476. The third kappa shape index (κ3) is 3.62. The maximum Gasteiger partial charge on any atom is 0.163 e. The van der Waals surface area contributed by atoms with E-state index in [1.807, 2.05) is 36.4 Å². The topological polar surface area (TPSA) is 46.3 Å². The van der Waals surface area contributed by atoms with E-state index in [9.17, 15) is 4.79 Å². The van der Waals surface area contributed by atoms with Crippen molar-refractivity contribution in [3.8, 4) is 0 Å². The molecule has 3 nitrogen and oxygen atoms in total. The summed E-state index contributed by atoms with van der Waals surface area (Å²) >= 11 is 0. The van der Waals surface area contributed by atoms with E-state index in [0.717, 1.165) is 34.5 Å². The Balaban J connectivity index is 1.42. The van der Waals surface area contributed by atoms with Crippen LogP contribution >= 0.6 is 0 Å². The minimum absolute atomic E-state index is 0.284. The molecular weight excluding hydrogens is 296 g/mol. The molecule has 0 aromatic heterocycles. The van der Waals surface area contributed by atoms with E-state index in [4.69, 9.17) is 5.73 Å². The number of benzene rings is 2. The van der Waals surface area contributed by atoms with Gasteiger partial charge in [0, 0.05) is 30.8 Å². The first-order valence-corrected chi connectivity index (χ1v) is 9.22. The van der Waals surface area contributed by atoms with Gasteiger partial charge in [0.2, 0.25) is 0 Å². The fourth-order valence-corrected chi connectivity index (χ4v) is 3.97. The molecule has 0 bridgehead atoms. The molecule has 4 rings (SSSR count). The Morgan fingerprint density at radius 2 is 1.83 bits per heavy atom. The minimum Gasteiger partial charge on any atom is -0.399 e. The second-order valence-electron chi connectivity index (χ2n) is 7.66. The van der Waals surface area contributed by atoms with Gasteiger partial charge in [-0.05, 0) is 73.0 Å². The summed E-state index contributed by atoms with van der Waals surface area (Å²) in [5.74, 6) is 1.74. The van der Waals surface area contributed by atoms with Crippen LogP contribution in [0.5, 0.6) is 0 Å². The van der Waals surface area contributed by atoms with Crippen molar-refractivity contribution in [1.29, 1.82) is 0 Å². The number of ketones is 1. The molecule has 2 fully saturated rings. The molecule has 1 aliphatic heterocycles. The van der Waals surface area contributed by atoms with Gasteiger partial charge in [-0.25, -0.2) is 0 Å². The molecule has 2 aromatic rings. The molecule has 126 valence electrons. The summed E-state index contributed by atoms with van der Waals surface area (Å²) in [6.07, 6.45) is 5.92. The molecular formula is C21H26N2O. The van der Waals surface area contributed by atoms with Gasteiger partial charge in [-0.1, -0.05) is 18.2 Å². The number of fused-ring (bicyclic) bond motifs is 1. The maximum atomic E-state index is 12.7. The average molecular weight is 322 g/mol. The van der Waals surface area contributed by atoms with Crippen LogP contribution in [0.1, 0.15) is 42.5 Å². The Kier molecular flexibility index (Phi) is 4.28. The number of carbonyl (C=O) groups is 1. The Morgan fingerprint density at radius 1 is 1.04 bits per heavy atom. The number of rotatable bonds is 5. The van der Waals surface area contributed by atoms with E-state index in [2.05, 4.69) is 4.90 Å². The van der Waals surface area contributed by atoms with Crippen LogP contribution in [0, 0.1) is 11.8 Å². The predicted molar refractivity (Wildman–Crippen MR) is 99.2 cm³/mol. The lowest BCUT2D eigenvalue weighted by Gasteiger charge is -2.32. The molecule has 2 aromatic carbocycles. The van der Waals surface area contributed by atoms with Crippen LogP contribution < -0.4 is 5.73 Å². The molecule has 0 radical (unpaired) electrons. The standard InChI is InChI=1S/C21H26N2O/c22-20-8-7-17-11-19(6-5-18(17)12-20)21(24)10-16-2-1-9-23(14-16)13-15-3-4-15/h5-8,11-12,15-16H,1-4,9-10,13-14,22H2. The van der Waals surface area contributed by atoms with Crippen LogP contribution in [-0.4, -0.2) is 30.3 Å². The second-order valence-corrected chi connectivity index (χ2v) is 7.66. The molecule has 0 amide bonds. The first-order chi connectivity index (χ1) is 11.7. The maximum absolute atomic E-state index is 12.7. The number of anilines is 1. The SMILES string of the molecule is Nc1ccc2cc(C(=O)CC3CCCN(CC4CC4)C3)ccc2c1. The van der Waals surface area contributed by atoms with Crippen molar-refractivity contribution in [1.82, 2.24) is 4.90 Å². The number of hydrogen-bond donors (Lipinski definition) is 1. The van der Waals surface area contributed by atoms with Gasteiger partial charge in [0.25, 0.3) is 0 Å². The summed E-state index contributed by atoms with van der Waals surface area (Å²) in [4.78, 5) is 15.3. The lowest BCUT2D eigenvalue weighted by Crippen LogP contribution is -2.37. The average Bonchev–Trinajstić information content (AvgIpc) is 3.38. The van der Waals surface area contributed by atoms with Crippen LogP contribution in [0.3, 0.4) is 0 Å². The number of hydrogen-bond acceptors (Lipinski definition) is 3. The highest BCUT2D eigenvalue weighted by Gasteiger charge is 2.28. The van der Waals surface area contributed by atoms with Crippen molar-refractivity contribution < 1.29 is 4.79 Å². The molecule has 1 atom stereocenters. The van der Waals surface area contributed by atoms with Crippen molar-refractivity contribution in [3.05, 3.63) is 42.0 Å². The minimum atomic E-state index is 0.284. The number of nitrogen functional groups attached to an aromatic ring is 1. The quantitative estimate of drug-likeness (QED) is 0.665. The van der Waals surface area contributed by atoms with Crippen LogP contribution in [0.4, 0.5) is 5.69 Å². The number of likely N-dealkylation sites (tertiary alicyclic amines) is 1. The van der Waals surface area contributed by atoms with Gasteiger partial charge in [0.05, 0.1) is 0 Å². The van der Waals surface area contributed by atoms with Crippen LogP contribution in [0.2, 0.25) is 0 Å². The third-order valence-electron chi connectivity index (χ3n) is 5.48. The number of piperidine rings is 1. The van der Waals surface area contributed by atoms with Gasteiger partial charge in [-0.15, -0.1) is 0 Å². The van der Waals surface area contributed by atoms with Gasteiger partial charge < -0.3 is 10.6 Å². The van der Waals surface area contributed by atoms with Gasteiger partial charge in [0.1, 0.15) is 0 Å². The van der Waals surface area contributed by atoms with Crippen molar-refractivity contribution >= 4 is 22.2 Å². The van der Waals surface area contributed by atoms with E-state index in [0.29, 0.717) is 12.3 Å². The Labute approximate surface area is 143 Å². The summed E-state index contributed by atoms with van der Waals surface area (Å²) in [5, 5.41) is 2.19. The van der Waals surface area contributed by atoms with Gasteiger partial charge in [-0.3, -0.25) is 4.79 Å². The molecule has 1 saturated carbocycles. The predicted octanol–water partition coefficient (Wildman–Crippen LogP) is 4.12. The van der Waals surface area contributed by atoms with Gasteiger partial charge in [0.15, 0.2) is 5.78 Å². The van der Waals surface area contributed by atoms with Crippen LogP contribution in [0.15, 0.2) is 36.4 Å². The lowest BCUT2D eigenvalue weighted by molar-refractivity contribution is 0.0914. The zero-order valence-electron chi connectivity index (χ0n) is 14.2.